The van der Waals surface area contributed by atoms with E-state index in [0.717, 1.165) is 0 Å². The van der Waals surface area contributed by atoms with E-state index in [0.29, 0.717) is 12.5 Å². The van der Waals surface area contributed by atoms with Crippen LogP contribution >= 0.6 is 0 Å². The number of hydrogen-bond acceptors (Lipinski definition) is 3. The second-order valence-electron chi connectivity index (χ2n) is 5.38. The van der Waals surface area contributed by atoms with Gasteiger partial charge in [0.2, 0.25) is 0 Å². The molecule has 1 aliphatic carbocycles. The van der Waals surface area contributed by atoms with E-state index in [-0.39, 0.29) is 12.1 Å². The highest BCUT2D eigenvalue weighted by molar-refractivity contribution is 5.19. The third-order valence-electron chi connectivity index (χ3n) is 4.15. The topological polar surface area (TPSA) is 47.3 Å². The lowest BCUT2D eigenvalue weighted by atomic mass is 9.80. The summed E-state index contributed by atoms with van der Waals surface area (Å²) < 4.78 is 5.99. The molecule has 2 rings (SSSR count). The van der Waals surface area contributed by atoms with Gasteiger partial charge in [0.25, 0.3) is 0 Å². The molecule has 0 spiro atoms. The lowest BCUT2D eigenvalue weighted by Gasteiger charge is -2.35. The van der Waals surface area contributed by atoms with Crippen LogP contribution in [0.15, 0.2) is 30.3 Å². The molecular weight excluding hydrogens is 236 g/mol. The molecule has 0 aliphatic heterocycles. The van der Waals surface area contributed by atoms with Crippen molar-refractivity contribution in [1.29, 1.82) is 0 Å². The highest BCUT2D eigenvalue weighted by atomic mass is 16.5. The minimum atomic E-state index is 0.0549. The second kappa shape index (κ2) is 7.63. The van der Waals surface area contributed by atoms with Crippen molar-refractivity contribution in [1.82, 2.24) is 5.43 Å². The Labute approximate surface area is 116 Å². The van der Waals surface area contributed by atoms with Gasteiger partial charge in [-0.25, -0.2) is 0 Å². The maximum Gasteiger partial charge on any atom is 0.0993 e. The summed E-state index contributed by atoms with van der Waals surface area (Å²) in [7, 11) is 0. The molecule has 0 saturated heterocycles. The molecule has 2 atom stereocenters. The molecule has 0 amide bonds. The smallest absolute Gasteiger partial charge is 0.0993 e. The minimum absolute atomic E-state index is 0.0549. The molecule has 0 radical (unpaired) electrons. The first-order valence-corrected chi connectivity index (χ1v) is 7.49. The maximum absolute atomic E-state index is 5.99. The van der Waals surface area contributed by atoms with Crippen molar-refractivity contribution in [2.45, 2.75) is 51.2 Å². The van der Waals surface area contributed by atoms with Gasteiger partial charge in [0.05, 0.1) is 12.1 Å². The molecular formula is C16H26N2O. The highest BCUT2D eigenvalue weighted by Crippen LogP contribution is 2.33. The summed E-state index contributed by atoms with van der Waals surface area (Å²) in [6, 6.07) is 10.6. The van der Waals surface area contributed by atoms with E-state index in [1.165, 1.54) is 37.7 Å². The number of nitrogens with one attached hydrogen (secondary N) is 1. The first-order chi connectivity index (χ1) is 9.36. The zero-order valence-corrected chi connectivity index (χ0v) is 11.8. The molecule has 1 aromatic carbocycles. The Morgan fingerprint density at radius 1 is 1.21 bits per heavy atom. The van der Waals surface area contributed by atoms with Gasteiger partial charge in [0.15, 0.2) is 0 Å². The average Bonchev–Trinajstić information content (AvgIpc) is 2.49. The van der Waals surface area contributed by atoms with Gasteiger partial charge < -0.3 is 4.74 Å². The second-order valence-corrected chi connectivity index (χ2v) is 5.38. The van der Waals surface area contributed by atoms with Gasteiger partial charge in [-0.1, -0.05) is 49.6 Å². The van der Waals surface area contributed by atoms with Gasteiger partial charge in [0.1, 0.15) is 0 Å². The molecule has 0 heterocycles. The van der Waals surface area contributed by atoms with E-state index in [9.17, 15) is 0 Å². The summed E-state index contributed by atoms with van der Waals surface area (Å²) in [5.74, 6) is 6.46. The Morgan fingerprint density at radius 3 is 2.47 bits per heavy atom. The summed E-state index contributed by atoms with van der Waals surface area (Å²) >= 11 is 0. The van der Waals surface area contributed by atoms with Crippen LogP contribution in [0.1, 0.15) is 50.7 Å². The number of ether oxygens (including phenoxy) is 1. The fourth-order valence-corrected chi connectivity index (χ4v) is 3.19. The zero-order chi connectivity index (χ0) is 13.5. The number of hydrazine groups is 1. The molecule has 0 bridgehead atoms. The number of hydrogen-bond donors (Lipinski definition) is 2. The molecule has 3 N–H and O–H groups in total. The van der Waals surface area contributed by atoms with Crippen molar-refractivity contribution in [2.75, 3.05) is 6.61 Å². The van der Waals surface area contributed by atoms with E-state index in [4.69, 9.17) is 10.6 Å². The van der Waals surface area contributed by atoms with E-state index >= 15 is 0 Å². The van der Waals surface area contributed by atoms with Crippen molar-refractivity contribution in [3.63, 3.8) is 0 Å². The third kappa shape index (κ3) is 3.78. The van der Waals surface area contributed by atoms with Gasteiger partial charge in [-0.3, -0.25) is 11.3 Å². The van der Waals surface area contributed by atoms with Crippen molar-refractivity contribution < 1.29 is 4.74 Å². The maximum atomic E-state index is 5.99. The summed E-state index contributed by atoms with van der Waals surface area (Å²) in [6.45, 7) is 2.76. The monoisotopic (exact) mass is 262 g/mol. The van der Waals surface area contributed by atoms with E-state index in [2.05, 4.69) is 29.7 Å². The fourth-order valence-electron chi connectivity index (χ4n) is 3.19. The molecule has 1 aliphatic rings. The lowest BCUT2D eigenvalue weighted by Crippen LogP contribution is -2.46. The largest absolute Gasteiger partial charge is 0.372 e. The molecule has 3 heteroatoms. The fraction of sp³-hybridized carbons (Fsp3) is 0.625. The van der Waals surface area contributed by atoms with Crippen LogP contribution in [0.2, 0.25) is 0 Å². The molecule has 3 nitrogen and oxygen atoms in total. The predicted octanol–water partition coefficient (Wildman–Crippen LogP) is 3.18. The van der Waals surface area contributed by atoms with Gasteiger partial charge in [-0.2, -0.15) is 0 Å². The Hall–Kier alpha value is -0.900. The Balaban J connectivity index is 2.15. The standard InChI is InChI=1S/C16H26N2O/c1-2-19-16(14-11-7-4-8-12-14)15(18-17)13-9-5-3-6-10-13/h4,7-8,11-13,15-16,18H,2-3,5-6,9-10,17H2,1H3. The molecule has 2 unspecified atom stereocenters. The predicted molar refractivity (Wildman–Crippen MR) is 78.5 cm³/mol. The zero-order valence-electron chi connectivity index (χ0n) is 11.8. The van der Waals surface area contributed by atoms with Crippen molar-refractivity contribution in [3.05, 3.63) is 35.9 Å². The van der Waals surface area contributed by atoms with Crippen LogP contribution in [0.25, 0.3) is 0 Å². The van der Waals surface area contributed by atoms with E-state index < -0.39 is 0 Å². The van der Waals surface area contributed by atoms with E-state index in [1.54, 1.807) is 0 Å². The number of nitrogens with two attached hydrogens (primary N) is 1. The Morgan fingerprint density at radius 2 is 1.89 bits per heavy atom. The third-order valence-corrected chi connectivity index (χ3v) is 4.15. The van der Waals surface area contributed by atoms with Gasteiger partial charge >= 0.3 is 0 Å². The highest BCUT2D eigenvalue weighted by Gasteiger charge is 2.31. The van der Waals surface area contributed by atoms with Crippen LogP contribution in [0.5, 0.6) is 0 Å². The first-order valence-electron chi connectivity index (χ1n) is 7.49. The molecule has 19 heavy (non-hydrogen) atoms. The molecule has 106 valence electrons. The summed E-state index contributed by atoms with van der Waals surface area (Å²) in [6.07, 6.45) is 6.56. The van der Waals surface area contributed by atoms with Crippen LogP contribution < -0.4 is 11.3 Å². The van der Waals surface area contributed by atoms with Gasteiger partial charge in [0, 0.05) is 6.61 Å². The van der Waals surface area contributed by atoms with Crippen molar-refractivity contribution in [3.8, 4) is 0 Å². The molecule has 1 aromatic rings. The first kappa shape index (κ1) is 14.5. The summed E-state index contributed by atoms with van der Waals surface area (Å²) in [5, 5.41) is 0. The van der Waals surface area contributed by atoms with Crippen LogP contribution in [0.4, 0.5) is 0 Å². The van der Waals surface area contributed by atoms with Crippen LogP contribution in [0.3, 0.4) is 0 Å². The van der Waals surface area contributed by atoms with Crippen LogP contribution in [0, 0.1) is 5.92 Å². The van der Waals surface area contributed by atoms with Crippen molar-refractivity contribution >= 4 is 0 Å². The lowest BCUT2D eigenvalue weighted by molar-refractivity contribution is 0.00982. The Kier molecular flexibility index (Phi) is 5.83. The molecule has 1 fully saturated rings. The Bertz CT molecular complexity index is 349. The van der Waals surface area contributed by atoms with Gasteiger partial charge in [-0.15, -0.1) is 0 Å². The minimum Gasteiger partial charge on any atom is -0.372 e. The molecule has 0 aromatic heterocycles. The van der Waals surface area contributed by atoms with Crippen LogP contribution in [-0.2, 0) is 4.74 Å². The van der Waals surface area contributed by atoms with Gasteiger partial charge in [-0.05, 0) is 31.2 Å². The van der Waals surface area contributed by atoms with Crippen molar-refractivity contribution in [2.24, 2.45) is 11.8 Å². The van der Waals surface area contributed by atoms with E-state index in [1.807, 2.05) is 13.0 Å². The quantitative estimate of drug-likeness (QED) is 0.611. The normalized spacial score (nSPS) is 20.1. The summed E-state index contributed by atoms with van der Waals surface area (Å²) in [4.78, 5) is 0. The SMILES string of the molecule is CCOC(c1ccccc1)C(NN)C1CCCCC1. The summed E-state index contributed by atoms with van der Waals surface area (Å²) in [5.41, 5.74) is 4.25. The molecule has 1 saturated carbocycles. The number of benzene rings is 1. The van der Waals surface area contributed by atoms with Crippen LogP contribution in [-0.4, -0.2) is 12.6 Å². The number of rotatable bonds is 6. The average molecular weight is 262 g/mol.